The molecule has 0 aromatic heterocycles. The molecule has 9 heavy (non-hydrogen) atoms. The Labute approximate surface area is 59.1 Å². The molecule has 0 saturated carbocycles. The summed E-state index contributed by atoms with van der Waals surface area (Å²) in [6.45, 7) is 0.908. The molecule has 0 saturated heterocycles. The van der Waals surface area contributed by atoms with Crippen LogP contribution < -0.4 is 16.4 Å². The van der Waals surface area contributed by atoms with E-state index in [9.17, 15) is 0 Å². The third-order valence-electron chi connectivity index (χ3n) is 1.04. The lowest BCUT2D eigenvalue weighted by atomic mass is 10.6. The first-order valence-corrected chi connectivity index (χ1v) is 3.73. The van der Waals surface area contributed by atoms with Crippen LogP contribution in [0.3, 0.4) is 0 Å². The van der Waals surface area contributed by atoms with Crippen molar-refractivity contribution in [1.82, 2.24) is 10.6 Å². The van der Waals surface area contributed by atoms with E-state index in [1.54, 1.807) is 11.8 Å². The quantitative estimate of drug-likeness (QED) is 0.496. The third kappa shape index (κ3) is 1.89. The van der Waals surface area contributed by atoms with Crippen LogP contribution in [0.15, 0.2) is 11.1 Å². The number of thioether (sulfide) groups is 1. The van der Waals surface area contributed by atoms with E-state index in [0.717, 1.165) is 6.54 Å². The first-order valence-electron chi connectivity index (χ1n) is 2.85. The van der Waals surface area contributed by atoms with Crippen molar-refractivity contribution in [3.05, 3.63) is 11.1 Å². The van der Waals surface area contributed by atoms with Crippen LogP contribution in [0, 0.1) is 0 Å². The fourth-order valence-electron chi connectivity index (χ4n) is 0.673. The maximum absolute atomic E-state index is 5.53. The molecule has 0 spiro atoms. The summed E-state index contributed by atoms with van der Waals surface area (Å²) in [6, 6.07) is 0. The topological polar surface area (TPSA) is 50.1 Å². The summed E-state index contributed by atoms with van der Waals surface area (Å²) in [5.74, 6) is 0. The van der Waals surface area contributed by atoms with Gasteiger partial charge in [-0.2, -0.15) is 0 Å². The molecule has 0 bridgehead atoms. The molecule has 3 nitrogen and oxygen atoms in total. The van der Waals surface area contributed by atoms with Crippen LogP contribution in [-0.2, 0) is 0 Å². The second kappa shape index (κ2) is 3.10. The summed E-state index contributed by atoms with van der Waals surface area (Å²) in [6.07, 6.45) is 1.95. The number of hydrogen-bond acceptors (Lipinski definition) is 4. The Morgan fingerprint density at radius 2 is 2.78 bits per heavy atom. The van der Waals surface area contributed by atoms with Gasteiger partial charge in [-0.3, -0.25) is 0 Å². The van der Waals surface area contributed by atoms with Crippen LogP contribution in [0.1, 0.15) is 0 Å². The summed E-state index contributed by atoms with van der Waals surface area (Å²) in [7, 11) is 1.92. The number of likely N-dealkylation sites (N-methyl/N-ethyl adjacent to an activating group) is 1. The van der Waals surface area contributed by atoms with Gasteiger partial charge in [-0.1, -0.05) is 11.8 Å². The highest BCUT2D eigenvalue weighted by Gasteiger charge is 2.10. The van der Waals surface area contributed by atoms with Crippen molar-refractivity contribution < 1.29 is 0 Å². The van der Waals surface area contributed by atoms with E-state index in [-0.39, 0.29) is 5.50 Å². The molecule has 52 valence electrons. The molecule has 0 amide bonds. The molecule has 0 aromatic carbocycles. The molecule has 1 aliphatic rings. The van der Waals surface area contributed by atoms with Gasteiger partial charge in [-0.25, -0.2) is 0 Å². The van der Waals surface area contributed by atoms with E-state index in [2.05, 4.69) is 10.6 Å². The predicted molar refractivity (Wildman–Crippen MR) is 40.7 cm³/mol. The van der Waals surface area contributed by atoms with Crippen molar-refractivity contribution in [2.45, 2.75) is 5.50 Å². The van der Waals surface area contributed by atoms with Crippen LogP contribution in [0.4, 0.5) is 0 Å². The first-order chi connectivity index (χ1) is 4.33. The van der Waals surface area contributed by atoms with Gasteiger partial charge < -0.3 is 16.4 Å². The monoisotopic (exact) mass is 145 g/mol. The predicted octanol–water partition coefficient (Wildman–Crippen LogP) is -0.374. The highest BCUT2D eigenvalue weighted by Crippen LogP contribution is 2.20. The fraction of sp³-hybridized carbons (Fsp3) is 0.600. The Hall–Kier alpha value is -0.190. The van der Waals surface area contributed by atoms with Crippen LogP contribution >= 0.6 is 11.8 Å². The summed E-state index contributed by atoms with van der Waals surface area (Å²) >= 11 is 1.66. The number of rotatable bonds is 2. The lowest BCUT2D eigenvalue weighted by Crippen LogP contribution is -2.25. The standard InChI is InChI=1S/C5H11N3S/c1-7-2-4-3-8-5(6)9-4/h3,5,7-8H,2,6H2,1H3. The second-order valence-electron chi connectivity index (χ2n) is 1.85. The Kier molecular flexibility index (Phi) is 2.38. The minimum atomic E-state index is 0.0633. The fourth-order valence-corrected chi connectivity index (χ4v) is 1.50. The van der Waals surface area contributed by atoms with Crippen molar-refractivity contribution in [1.29, 1.82) is 0 Å². The number of hydrogen-bond donors (Lipinski definition) is 3. The SMILES string of the molecule is CNCC1=CNC(N)S1. The van der Waals surface area contributed by atoms with Crippen LogP contribution in [0.2, 0.25) is 0 Å². The summed E-state index contributed by atoms with van der Waals surface area (Å²) in [5.41, 5.74) is 5.59. The number of nitrogens with one attached hydrogen (secondary N) is 2. The van der Waals surface area contributed by atoms with Gasteiger partial charge in [-0.05, 0) is 7.05 Å². The molecule has 1 aliphatic heterocycles. The van der Waals surface area contributed by atoms with Crippen molar-refractivity contribution >= 4 is 11.8 Å². The van der Waals surface area contributed by atoms with Gasteiger partial charge in [0.05, 0.1) is 0 Å². The van der Waals surface area contributed by atoms with Crippen molar-refractivity contribution in [2.24, 2.45) is 5.73 Å². The van der Waals surface area contributed by atoms with E-state index < -0.39 is 0 Å². The van der Waals surface area contributed by atoms with Gasteiger partial charge in [0.15, 0.2) is 0 Å². The molecule has 1 heterocycles. The zero-order valence-electron chi connectivity index (χ0n) is 5.35. The van der Waals surface area contributed by atoms with E-state index in [0.29, 0.717) is 0 Å². The molecule has 0 aromatic rings. The lowest BCUT2D eigenvalue weighted by molar-refractivity contribution is 0.833. The van der Waals surface area contributed by atoms with Crippen molar-refractivity contribution in [3.8, 4) is 0 Å². The van der Waals surface area contributed by atoms with Crippen molar-refractivity contribution in [2.75, 3.05) is 13.6 Å². The average Bonchev–Trinajstić information content (AvgIpc) is 2.17. The summed E-state index contributed by atoms with van der Waals surface area (Å²) in [5, 5.41) is 6.04. The third-order valence-corrected chi connectivity index (χ3v) is 1.99. The smallest absolute Gasteiger partial charge is 0.127 e. The molecule has 0 aliphatic carbocycles. The normalized spacial score (nSPS) is 25.6. The molecule has 1 rings (SSSR count). The van der Waals surface area contributed by atoms with Gasteiger partial charge >= 0.3 is 0 Å². The van der Waals surface area contributed by atoms with Crippen LogP contribution in [0.5, 0.6) is 0 Å². The van der Waals surface area contributed by atoms with Gasteiger partial charge in [0.25, 0.3) is 0 Å². The second-order valence-corrected chi connectivity index (χ2v) is 3.11. The molecular weight excluding hydrogens is 134 g/mol. The molecule has 0 radical (unpaired) electrons. The van der Waals surface area contributed by atoms with E-state index >= 15 is 0 Å². The van der Waals surface area contributed by atoms with Crippen LogP contribution in [-0.4, -0.2) is 19.1 Å². The van der Waals surface area contributed by atoms with Crippen molar-refractivity contribution in [3.63, 3.8) is 0 Å². The first kappa shape index (κ1) is 6.92. The van der Waals surface area contributed by atoms with E-state index in [4.69, 9.17) is 5.73 Å². The molecular formula is C5H11N3S. The van der Waals surface area contributed by atoms with Crippen LogP contribution in [0.25, 0.3) is 0 Å². The largest absolute Gasteiger partial charge is 0.367 e. The minimum absolute atomic E-state index is 0.0633. The Morgan fingerprint density at radius 3 is 3.22 bits per heavy atom. The summed E-state index contributed by atoms with van der Waals surface area (Å²) < 4.78 is 0. The molecule has 4 heteroatoms. The number of nitrogens with two attached hydrogens (primary N) is 1. The Balaban J connectivity index is 2.27. The van der Waals surface area contributed by atoms with Gasteiger partial charge in [-0.15, -0.1) is 0 Å². The highest BCUT2D eigenvalue weighted by atomic mass is 32.2. The highest BCUT2D eigenvalue weighted by molar-refractivity contribution is 8.03. The van der Waals surface area contributed by atoms with Gasteiger partial charge in [0.1, 0.15) is 5.50 Å². The average molecular weight is 145 g/mol. The van der Waals surface area contributed by atoms with E-state index in [1.165, 1.54) is 4.91 Å². The molecule has 4 N–H and O–H groups in total. The van der Waals surface area contributed by atoms with E-state index in [1.807, 2.05) is 13.2 Å². The zero-order valence-corrected chi connectivity index (χ0v) is 6.16. The van der Waals surface area contributed by atoms with Gasteiger partial charge in [0.2, 0.25) is 0 Å². The zero-order chi connectivity index (χ0) is 6.69. The minimum Gasteiger partial charge on any atom is -0.367 e. The molecule has 0 fully saturated rings. The Bertz CT molecular complexity index is 123. The maximum Gasteiger partial charge on any atom is 0.127 e. The summed E-state index contributed by atoms with van der Waals surface area (Å²) in [4.78, 5) is 1.27. The molecule has 1 unspecified atom stereocenters. The molecule has 1 atom stereocenters. The maximum atomic E-state index is 5.53. The Morgan fingerprint density at radius 1 is 2.00 bits per heavy atom. The lowest BCUT2D eigenvalue weighted by Gasteiger charge is -2.00. The van der Waals surface area contributed by atoms with Gasteiger partial charge in [0, 0.05) is 17.6 Å².